The van der Waals surface area contributed by atoms with Gasteiger partial charge in [0.15, 0.2) is 0 Å². The smallest absolute Gasteiger partial charge is 0.118 e. The van der Waals surface area contributed by atoms with Gasteiger partial charge < -0.3 is 9.84 Å². The number of methoxy groups -OCH3 is 1. The normalized spacial score (nSPS) is 11.8. The summed E-state index contributed by atoms with van der Waals surface area (Å²) in [5.41, 5.74) is 4.25. The lowest BCUT2D eigenvalue weighted by molar-refractivity contribution is 0.220. The molecular weight excluding hydrogens is 350 g/mol. The van der Waals surface area contributed by atoms with E-state index in [9.17, 15) is 5.11 Å². The number of hydrogen-bond acceptors (Lipinski definition) is 5. The fourth-order valence-corrected chi connectivity index (χ4v) is 3.03. The molecule has 0 aliphatic heterocycles. The molecule has 0 saturated heterocycles. The Morgan fingerprint density at radius 2 is 1.57 bits per heavy atom. The summed E-state index contributed by atoms with van der Waals surface area (Å²) >= 11 is 0. The molecule has 0 bridgehead atoms. The highest BCUT2D eigenvalue weighted by atomic mass is 16.5. The van der Waals surface area contributed by atoms with Gasteiger partial charge in [0, 0.05) is 17.3 Å². The van der Waals surface area contributed by atoms with Crippen molar-refractivity contribution in [2.75, 3.05) is 7.11 Å². The van der Waals surface area contributed by atoms with Gasteiger partial charge in [-0.05, 0) is 35.9 Å². The number of benzene rings is 2. The van der Waals surface area contributed by atoms with Gasteiger partial charge in [0.05, 0.1) is 18.5 Å². The summed E-state index contributed by atoms with van der Waals surface area (Å²) < 4.78 is 5.21. The molecule has 4 aromatic rings. The minimum atomic E-state index is -0.874. The van der Waals surface area contributed by atoms with Crippen LogP contribution in [-0.2, 0) is 0 Å². The Bertz CT molecular complexity index is 1050. The lowest BCUT2D eigenvalue weighted by Gasteiger charge is -2.16. The molecule has 1 atom stereocenters. The van der Waals surface area contributed by atoms with Gasteiger partial charge in [0.25, 0.3) is 0 Å². The second-order valence-corrected chi connectivity index (χ2v) is 6.29. The van der Waals surface area contributed by atoms with Crippen LogP contribution in [0.3, 0.4) is 0 Å². The molecule has 1 N–H and O–H groups in total. The molecule has 2 aromatic heterocycles. The molecule has 0 aliphatic rings. The summed E-state index contributed by atoms with van der Waals surface area (Å²) in [5.74, 6) is 0.735. The molecule has 138 valence electrons. The highest BCUT2D eigenvalue weighted by molar-refractivity contribution is 5.66. The number of aliphatic hydroxyl groups excluding tert-OH is 1. The van der Waals surface area contributed by atoms with E-state index >= 15 is 0 Å². The van der Waals surface area contributed by atoms with E-state index in [-0.39, 0.29) is 0 Å². The largest absolute Gasteiger partial charge is 0.497 e. The van der Waals surface area contributed by atoms with Crippen LogP contribution in [0, 0.1) is 0 Å². The molecule has 5 heteroatoms. The van der Waals surface area contributed by atoms with Gasteiger partial charge in [0.1, 0.15) is 17.5 Å². The molecule has 0 fully saturated rings. The molecular formula is C23H19N3O2. The van der Waals surface area contributed by atoms with Crippen LogP contribution in [-0.4, -0.2) is 27.4 Å². The van der Waals surface area contributed by atoms with Crippen LogP contribution in [0.1, 0.15) is 17.2 Å². The van der Waals surface area contributed by atoms with Crippen molar-refractivity contribution < 1.29 is 9.84 Å². The summed E-state index contributed by atoms with van der Waals surface area (Å²) in [6.45, 7) is 0. The molecule has 0 saturated carbocycles. The molecule has 0 amide bonds. The number of aliphatic hydroxyl groups is 1. The predicted octanol–water partition coefficient (Wildman–Crippen LogP) is 4.30. The lowest BCUT2D eigenvalue weighted by atomic mass is 9.97. The second kappa shape index (κ2) is 7.98. The SMILES string of the molecule is COc1ccc(C(O)c2cc(-c3ccccc3)nnc2-c2ccccn2)cc1. The number of rotatable bonds is 5. The maximum Gasteiger partial charge on any atom is 0.118 e. The zero-order valence-electron chi connectivity index (χ0n) is 15.4. The van der Waals surface area contributed by atoms with Crippen molar-refractivity contribution >= 4 is 0 Å². The van der Waals surface area contributed by atoms with Crippen LogP contribution in [0.2, 0.25) is 0 Å². The summed E-state index contributed by atoms with van der Waals surface area (Å²) in [7, 11) is 1.61. The Morgan fingerprint density at radius 3 is 2.25 bits per heavy atom. The Hall–Kier alpha value is -3.57. The number of hydrogen-bond donors (Lipinski definition) is 1. The van der Waals surface area contributed by atoms with Gasteiger partial charge in [-0.15, -0.1) is 10.2 Å². The van der Waals surface area contributed by atoms with Crippen molar-refractivity contribution in [1.82, 2.24) is 15.2 Å². The number of aromatic nitrogens is 3. The highest BCUT2D eigenvalue weighted by Gasteiger charge is 2.20. The third kappa shape index (κ3) is 3.61. The molecule has 0 aliphatic carbocycles. The van der Waals surface area contributed by atoms with Crippen LogP contribution in [0.25, 0.3) is 22.6 Å². The number of pyridine rings is 1. The van der Waals surface area contributed by atoms with Crippen molar-refractivity contribution in [2.45, 2.75) is 6.10 Å². The van der Waals surface area contributed by atoms with Crippen molar-refractivity contribution in [3.63, 3.8) is 0 Å². The summed E-state index contributed by atoms with van der Waals surface area (Å²) in [5, 5.41) is 19.9. The van der Waals surface area contributed by atoms with Crippen molar-refractivity contribution in [1.29, 1.82) is 0 Å². The first-order valence-electron chi connectivity index (χ1n) is 8.93. The van der Waals surface area contributed by atoms with Gasteiger partial charge in [-0.25, -0.2) is 0 Å². The first-order chi connectivity index (χ1) is 13.8. The zero-order chi connectivity index (χ0) is 19.3. The fourth-order valence-electron chi connectivity index (χ4n) is 3.03. The first-order valence-corrected chi connectivity index (χ1v) is 8.93. The number of ether oxygens (including phenoxy) is 1. The first kappa shape index (κ1) is 17.8. The van der Waals surface area contributed by atoms with E-state index in [0.717, 1.165) is 16.9 Å². The monoisotopic (exact) mass is 369 g/mol. The zero-order valence-corrected chi connectivity index (χ0v) is 15.4. The van der Waals surface area contributed by atoms with Crippen LogP contribution in [0.5, 0.6) is 5.75 Å². The van der Waals surface area contributed by atoms with Crippen molar-refractivity contribution in [3.8, 4) is 28.4 Å². The van der Waals surface area contributed by atoms with Crippen LogP contribution >= 0.6 is 0 Å². The minimum Gasteiger partial charge on any atom is -0.497 e. The van der Waals surface area contributed by atoms with Gasteiger partial charge >= 0.3 is 0 Å². The van der Waals surface area contributed by atoms with E-state index < -0.39 is 6.10 Å². The van der Waals surface area contributed by atoms with E-state index in [1.54, 1.807) is 13.3 Å². The van der Waals surface area contributed by atoms with Gasteiger partial charge in [0.2, 0.25) is 0 Å². The topological polar surface area (TPSA) is 68.1 Å². The Balaban J connectivity index is 1.83. The summed E-state index contributed by atoms with van der Waals surface area (Å²) in [6.07, 6.45) is 0.826. The minimum absolute atomic E-state index is 0.559. The Morgan fingerprint density at radius 1 is 0.821 bits per heavy atom. The molecule has 1 unspecified atom stereocenters. The van der Waals surface area contributed by atoms with E-state index in [1.165, 1.54) is 0 Å². The summed E-state index contributed by atoms with van der Waals surface area (Å²) in [6, 6.07) is 24.6. The molecule has 28 heavy (non-hydrogen) atoms. The average molecular weight is 369 g/mol. The predicted molar refractivity (Wildman–Crippen MR) is 108 cm³/mol. The van der Waals surface area contributed by atoms with E-state index in [4.69, 9.17) is 4.74 Å². The quantitative estimate of drug-likeness (QED) is 0.568. The van der Waals surface area contributed by atoms with E-state index in [0.29, 0.717) is 22.6 Å². The Labute approximate surface area is 163 Å². The number of nitrogens with zero attached hydrogens (tertiary/aromatic N) is 3. The van der Waals surface area contributed by atoms with Gasteiger partial charge in [-0.3, -0.25) is 4.98 Å². The summed E-state index contributed by atoms with van der Waals surface area (Å²) in [4.78, 5) is 4.38. The average Bonchev–Trinajstić information content (AvgIpc) is 2.79. The molecule has 0 spiro atoms. The molecule has 4 rings (SSSR count). The maximum atomic E-state index is 11.1. The van der Waals surface area contributed by atoms with Crippen molar-refractivity contribution in [2.24, 2.45) is 0 Å². The fraction of sp³-hybridized carbons (Fsp3) is 0.0870. The van der Waals surface area contributed by atoms with Crippen LogP contribution in [0.4, 0.5) is 0 Å². The van der Waals surface area contributed by atoms with E-state index in [2.05, 4.69) is 15.2 Å². The standard InChI is InChI=1S/C23H19N3O2/c1-28-18-12-10-17(11-13-18)23(27)19-15-21(16-7-3-2-4-8-16)25-26-22(19)20-9-5-6-14-24-20/h2-15,23,27H,1H3. The van der Waals surface area contributed by atoms with E-state index in [1.807, 2.05) is 78.9 Å². The maximum absolute atomic E-state index is 11.1. The third-order valence-corrected chi connectivity index (χ3v) is 4.53. The lowest BCUT2D eigenvalue weighted by Crippen LogP contribution is -2.06. The van der Waals surface area contributed by atoms with Crippen LogP contribution in [0.15, 0.2) is 85.1 Å². The third-order valence-electron chi connectivity index (χ3n) is 4.53. The second-order valence-electron chi connectivity index (χ2n) is 6.29. The Kier molecular flexibility index (Phi) is 5.08. The molecule has 2 heterocycles. The molecule has 5 nitrogen and oxygen atoms in total. The highest BCUT2D eigenvalue weighted by Crippen LogP contribution is 2.32. The van der Waals surface area contributed by atoms with Gasteiger partial charge in [-0.1, -0.05) is 48.5 Å². The van der Waals surface area contributed by atoms with Crippen LogP contribution < -0.4 is 4.74 Å². The molecule has 0 radical (unpaired) electrons. The molecule has 2 aromatic carbocycles. The van der Waals surface area contributed by atoms with Gasteiger partial charge in [-0.2, -0.15) is 0 Å². The van der Waals surface area contributed by atoms with Crippen molar-refractivity contribution in [3.05, 3.63) is 96.2 Å².